The number of nitrogens with zero attached hydrogens (tertiary/aromatic N) is 4. The fraction of sp³-hybridized carbons (Fsp3) is 0.324. The molecule has 1 aliphatic rings. The lowest BCUT2D eigenvalue weighted by atomic mass is 9.83. The van der Waals surface area contributed by atoms with Crippen molar-refractivity contribution in [2.75, 3.05) is 19.6 Å². The van der Waals surface area contributed by atoms with Gasteiger partial charge in [0.15, 0.2) is 5.69 Å². The predicted molar refractivity (Wildman–Crippen MR) is 162 cm³/mol. The van der Waals surface area contributed by atoms with Crippen LogP contribution in [0.3, 0.4) is 0 Å². The molecule has 42 heavy (non-hydrogen) atoms. The van der Waals surface area contributed by atoms with Gasteiger partial charge in [0.25, 0.3) is 5.91 Å². The lowest BCUT2D eigenvalue weighted by molar-refractivity contribution is -0.00508. The number of hydrogen-bond donors (Lipinski definition) is 2. The quantitative estimate of drug-likeness (QED) is 0.269. The van der Waals surface area contributed by atoms with Crippen LogP contribution in [0.4, 0.5) is 4.79 Å². The van der Waals surface area contributed by atoms with Crippen molar-refractivity contribution in [1.29, 1.82) is 0 Å². The lowest BCUT2D eigenvalue weighted by Gasteiger charge is -2.40. The summed E-state index contributed by atoms with van der Waals surface area (Å²) in [7, 11) is 0. The molecule has 1 aliphatic heterocycles. The Balaban J connectivity index is 1.62. The third-order valence-corrected chi connectivity index (χ3v) is 8.50. The van der Waals surface area contributed by atoms with Gasteiger partial charge in [-0.05, 0) is 30.4 Å². The van der Waals surface area contributed by atoms with E-state index in [1.54, 1.807) is 11.2 Å². The van der Waals surface area contributed by atoms with Gasteiger partial charge in [-0.3, -0.25) is 4.79 Å². The predicted octanol–water partition coefficient (Wildman–Crippen LogP) is 5.74. The number of carboxylic acid groups (broad SMARTS) is 1. The van der Waals surface area contributed by atoms with Gasteiger partial charge in [-0.2, -0.15) is 0 Å². The maximum atomic E-state index is 14.5. The Morgan fingerprint density at radius 1 is 0.905 bits per heavy atom. The first kappa shape index (κ1) is 29.1. The topological polar surface area (TPSA) is 98.9 Å². The molecule has 0 aliphatic carbocycles. The van der Waals surface area contributed by atoms with Crippen LogP contribution in [0, 0.1) is 0 Å². The maximum absolute atomic E-state index is 14.5. The molecule has 1 aromatic heterocycles. The monoisotopic (exact) mass is 566 g/mol. The van der Waals surface area contributed by atoms with Crippen molar-refractivity contribution < 1.29 is 19.8 Å². The highest BCUT2D eigenvalue weighted by molar-refractivity contribution is 5.98. The van der Waals surface area contributed by atoms with Crippen molar-refractivity contribution in [3.05, 3.63) is 114 Å². The van der Waals surface area contributed by atoms with Gasteiger partial charge in [0, 0.05) is 25.2 Å². The Hall–Kier alpha value is -4.43. The molecule has 1 fully saturated rings. The highest BCUT2D eigenvalue weighted by Gasteiger charge is 2.40. The second kappa shape index (κ2) is 12.6. The molecule has 5 rings (SSSR count). The van der Waals surface area contributed by atoms with Crippen LogP contribution in [-0.4, -0.2) is 72.8 Å². The van der Waals surface area contributed by atoms with Crippen molar-refractivity contribution in [2.45, 2.75) is 50.8 Å². The number of benzene rings is 3. The second-order valence-corrected chi connectivity index (χ2v) is 10.9. The van der Waals surface area contributed by atoms with Gasteiger partial charge in [0.05, 0.1) is 29.7 Å². The van der Waals surface area contributed by atoms with Crippen molar-refractivity contribution in [3.8, 4) is 11.3 Å². The van der Waals surface area contributed by atoms with Crippen molar-refractivity contribution in [1.82, 2.24) is 19.4 Å². The zero-order valence-electron chi connectivity index (χ0n) is 24.1. The molecule has 2 N–H and O–H groups in total. The first-order valence-corrected chi connectivity index (χ1v) is 14.6. The number of hydrogen-bond acceptors (Lipinski definition) is 4. The molecule has 0 bridgehead atoms. The number of aromatic nitrogens is 2. The van der Waals surface area contributed by atoms with Crippen LogP contribution in [0.2, 0.25) is 0 Å². The van der Waals surface area contributed by atoms with Crippen molar-refractivity contribution in [3.63, 3.8) is 0 Å². The molecule has 2 heterocycles. The summed E-state index contributed by atoms with van der Waals surface area (Å²) in [6.07, 6.45) is 2.22. The van der Waals surface area contributed by atoms with E-state index in [-0.39, 0.29) is 31.6 Å². The van der Waals surface area contributed by atoms with Crippen molar-refractivity contribution >= 4 is 12.0 Å². The Morgan fingerprint density at radius 3 is 2.10 bits per heavy atom. The summed E-state index contributed by atoms with van der Waals surface area (Å²) in [5.41, 5.74) is 2.61. The highest BCUT2D eigenvalue weighted by Crippen LogP contribution is 2.39. The van der Waals surface area contributed by atoms with Crippen LogP contribution in [0.25, 0.3) is 11.3 Å². The molecule has 2 amide bonds. The number of carbonyl (C=O) groups excluding carboxylic acids is 1. The van der Waals surface area contributed by atoms with E-state index in [0.29, 0.717) is 30.7 Å². The van der Waals surface area contributed by atoms with Gasteiger partial charge in [0.1, 0.15) is 0 Å². The molecule has 0 radical (unpaired) electrons. The smallest absolute Gasteiger partial charge is 0.407 e. The summed E-state index contributed by atoms with van der Waals surface area (Å²) in [5, 5.41) is 21.7. The Kier molecular flexibility index (Phi) is 8.73. The molecule has 8 heteroatoms. The molecule has 0 saturated carbocycles. The summed E-state index contributed by atoms with van der Waals surface area (Å²) < 4.78 is 1.95. The van der Waals surface area contributed by atoms with Gasteiger partial charge in [0.2, 0.25) is 0 Å². The normalized spacial score (nSPS) is 16.3. The minimum absolute atomic E-state index is 0.218. The molecular weight excluding hydrogens is 528 g/mol. The van der Waals surface area contributed by atoms with E-state index in [0.717, 1.165) is 16.7 Å². The largest absolute Gasteiger partial charge is 0.465 e. The fourth-order valence-corrected chi connectivity index (χ4v) is 6.09. The Morgan fingerprint density at radius 2 is 1.50 bits per heavy atom. The standard InChI is InChI=1S/C34H38N4O4/c1-3-34(42,4-2)31(27-18-12-7-13-19-27)38-24-35-29(30(38)26-16-10-6-11-17-26)32(39)37-21-20-36(33(40)41)23-28(37)22-25-14-8-5-9-15-25/h5-19,24,28,31,42H,3-4,20-23H2,1-2H3,(H,40,41)/t28-,31+/m1/s1. The van der Waals surface area contributed by atoms with Crippen LogP contribution >= 0.6 is 0 Å². The first-order chi connectivity index (χ1) is 20.4. The van der Waals surface area contributed by atoms with E-state index in [9.17, 15) is 19.8 Å². The third-order valence-electron chi connectivity index (χ3n) is 8.50. The molecule has 8 nitrogen and oxygen atoms in total. The Bertz CT molecular complexity index is 1490. The summed E-state index contributed by atoms with van der Waals surface area (Å²) in [5.74, 6) is -0.248. The maximum Gasteiger partial charge on any atom is 0.407 e. The van der Waals surface area contributed by atoms with E-state index in [2.05, 4.69) is 0 Å². The molecule has 0 unspecified atom stereocenters. The number of aliphatic hydroxyl groups is 1. The van der Waals surface area contributed by atoms with E-state index in [1.165, 1.54) is 4.90 Å². The van der Waals surface area contributed by atoms with E-state index >= 15 is 0 Å². The molecule has 218 valence electrons. The van der Waals surface area contributed by atoms with Crippen LogP contribution < -0.4 is 0 Å². The van der Waals surface area contributed by atoms with Crippen LogP contribution in [0.1, 0.15) is 54.3 Å². The SMILES string of the molecule is CCC(O)(CC)[C@H](c1ccccc1)n1cnc(C(=O)N2CCN(C(=O)O)C[C@H]2Cc2ccccc2)c1-c1ccccc1. The van der Waals surface area contributed by atoms with Crippen LogP contribution in [-0.2, 0) is 6.42 Å². The zero-order chi connectivity index (χ0) is 29.7. The summed E-state index contributed by atoms with van der Waals surface area (Å²) in [6.45, 7) is 4.66. The summed E-state index contributed by atoms with van der Waals surface area (Å²) >= 11 is 0. The first-order valence-electron chi connectivity index (χ1n) is 14.6. The van der Waals surface area contributed by atoms with Gasteiger partial charge in [-0.15, -0.1) is 0 Å². The van der Waals surface area contributed by atoms with Crippen molar-refractivity contribution in [2.24, 2.45) is 0 Å². The average Bonchev–Trinajstić information content (AvgIpc) is 3.46. The van der Waals surface area contributed by atoms with Crippen LogP contribution in [0.15, 0.2) is 97.3 Å². The number of amides is 2. The van der Waals surface area contributed by atoms with Gasteiger partial charge >= 0.3 is 6.09 Å². The fourth-order valence-electron chi connectivity index (χ4n) is 6.09. The van der Waals surface area contributed by atoms with E-state index in [1.807, 2.05) is 109 Å². The van der Waals surface area contributed by atoms with Gasteiger partial charge in [-0.25, -0.2) is 9.78 Å². The molecule has 0 spiro atoms. The third kappa shape index (κ3) is 5.81. The molecule has 2 atom stereocenters. The molecular formula is C34H38N4O4. The number of rotatable bonds is 9. The highest BCUT2D eigenvalue weighted by atomic mass is 16.4. The number of piperazine rings is 1. The number of carbonyl (C=O) groups is 2. The zero-order valence-corrected chi connectivity index (χ0v) is 24.1. The minimum atomic E-state index is -1.09. The van der Waals surface area contributed by atoms with Gasteiger partial charge < -0.3 is 24.6 Å². The summed E-state index contributed by atoms with van der Waals surface area (Å²) in [4.78, 5) is 34.2. The van der Waals surface area contributed by atoms with Gasteiger partial charge in [-0.1, -0.05) is 105 Å². The second-order valence-electron chi connectivity index (χ2n) is 10.9. The molecule has 4 aromatic rings. The summed E-state index contributed by atoms with van der Waals surface area (Å²) in [6, 6.07) is 28.5. The van der Waals surface area contributed by atoms with E-state index in [4.69, 9.17) is 4.98 Å². The van der Waals surface area contributed by atoms with E-state index < -0.39 is 17.7 Å². The molecule has 1 saturated heterocycles. The number of imidazole rings is 1. The lowest BCUT2D eigenvalue weighted by Crippen LogP contribution is -2.57. The Labute approximate surface area is 246 Å². The minimum Gasteiger partial charge on any atom is -0.465 e. The average molecular weight is 567 g/mol. The van der Waals surface area contributed by atoms with Crippen LogP contribution in [0.5, 0.6) is 0 Å². The molecule has 3 aromatic carbocycles.